The normalized spacial score (nSPS) is 9.19. The highest BCUT2D eigenvalue weighted by Gasteiger charge is 2.01. The van der Waals surface area contributed by atoms with Gasteiger partial charge in [0.1, 0.15) is 5.75 Å². The van der Waals surface area contributed by atoms with Crippen LogP contribution in [0.1, 0.15) is 5.56 Å². The third kappa shape index (κ3) is 3.04. The third-order valence-corrected chi connectivity index (χ3v) is 2.31. The van der Waals surface area contributed by atoms with Crippen molar-refractivity contribution in [2.75, 3.05) is 6.26 Å². The number of aromatic hydroxyl groups is 1. The Morgan fingerprint density at radius 3 is 2.19 bits per heavy atom. The molecule has 0 radical (unpaired) electrons. The van der Waals surface area contributed by atoms with Crippen LogP contribution in [0.2, 0.25) is 0 Å². The van der Waals surface area contributed by atoms with Crippen LogP contribution in [0.4, 0.5) is 0 Å². The van der Waals surface area contributed by atoms with Gasteiger partial charge in [0.05, 0.1) is 0 Å². The van der Waals surface area contributed by atoms with E-state index in [9.17, 15) is 5.11 Å². The minimum Gasteiger partial charge on any atom is -0.508 e. The Balaban J connectivity index is 0.000000606. The lowest BCUT2D eigenvalue weighted by Crippen LogP contribution is -1.81. The van der Waals surface area contributed by atoms with Gasteiger partial charge in [0.2, 0.25) is 0 Å². The highest BCUT2D eigenvalue weighted by molar-refractivity contribution is 7.79. The molecule has 0 unspecified atom stereocenters. The SMILES string of the molecule is CS.Cc1ccc(O)cc1-c1ccccc1. The minimum atomic E-state index is 0.314. The van der Waals surface area contributed by atoms with Crippen LogP contribution in [0.3, 0.4) is 0 Å². The van der Waals surface area contributed by atoms with E-state index in [2.05, 4.69) is 12.6 Å². The molecule has 0 aromatic heterocycles. The molecule has 0 aliphatic heterocycles. The fourth-order valence-corrected chi connectivity index (χ4v) is 1.54. The molecule has 0 bridgehead atoms. The van der Waals surface area contributed by atoms with Crippen molar-refractivity contribution in [2.24, 2.45) is 0 Å². The highest BCUT2D eigenvalue weighted by Crippen LogP contribution is 2.26. The van der Waals surface area contributed by atoms with Crippen molar-refractivity contribution in [3.63, 3.8) is 0 Å². The maximum atomic E-state index is 9.40. The summed E-state index contributed by atoms with van der Waals surface area (Å²) in [6, 6.07) is 15.5. The van der Waals surface area contributed by atoms with Gasteiger partial charge in [-0.2, -0.15) is 12.6 Å². The van der Waals surface area contributed by atoms with E-state index in [0.717, 1.165) is 11.1 Å². The number of benzene rings is 2. The summed E-state index contributed by atoms with van der Waals surface area (Å²) in [6.45, 7) is 2.04. The largest absolute Gasteiger partial charge is 0.508 e. The van der Waals surface area contributed by atoms with E-state index < -0.39 is 0 Å². The summed E-state index contributed by atoms with van der Waals surface area (Å²) < 4.78 is 0. The van der Waals surface area contributed by atoms with Crippen LogP contribution in [-0.4, -0.2) is 11.4 Å². The summed E-state index contributed by atoms with van der Waals surface area (Å²) in [7, 11) is 0. The molecule has 2 aromatic carbocycles. The van der Waals surface area contributed by atoms with Gasteiger partial charge in [0, 0.05) is 0 Å². The van der Waals surface area contributed by atoms with Crippen molar-refractivity contribution in [1.82, 2.24) is 0 Å². The van der Waals surface area contributed by atoms with Gasteiger partial charge in [-0.05, 0) is 42.0 Å². The first-order valence-corrected chi connectivity index (χ1v) is 5.96. The molecule has 2 heteroatoms. The second kappa shape index (κ2) is 6.23. The van der Waals surface area contributed by atoms with E-state index in [1.54, 1.807) is 18.4 Å². The van der Waals surface area contributed by atoms with Gasteiger partial charge in [-0.3, -0.25) is 0 Å². The third-order valence-electron chi connectivity index (χ3n) is 2.31. The van der Waals surface area contributed by atoms with Crippen LogP contribution in [0.15, 0.2) is 48.5 Å². The minimum absolute atomic E-state index is 0.314. The van der Waals surface area contributed by atoms with Crippen LogP contribution in [0, 0.1) is 6.92 Å². The molecule has 0 aliphatic rings. The number of phenolic OH excluding ortho intramolecular Hbond substituents is 1. The monoisotopic (exact) mass is 232 g/mol. The fourth-order valence-electron chi connectivity index (χ4n) is 1.54. The van der Waals surface area contributed by atoms with Gasteiger partial charge in [0.25, 0.3) is 0 Å². The van der Waals surface area contributed by atoms with Crippen molar-refractivity contribution in [2.45, 2.75) is 6.92 Å². The van der Waals surface area contributed by atoms with Gasteiger partial charge < -0.3 is 5.11 Å². The number of thiol groups is 1. The van der Waals surface area contributed by atoms with Crippen LogP contribution in [0.5, 0.6) is 5.75 Å². The first-order chi connectivity index (χ1) is 7.77. The smallest absolute Gasteiger partial charge is 0.116 e. The average molecular weight is 232 g/mol. The molecule has 1 nitrogen and oxygen atoms in total. The maximum Gasteiger partial charge on any atom is 0.116 e. The summed E-state index contributed by atoms with van der Waals surface area (Å²) in [6.07, 6.45) is 1.69. The van der Waals surface area contributed by atoms with E-state index in [1.807, 2.05) is 43.3 Å². The fraction of sp³-hybridized carbons (Fsp3) is 0.143. The van der Waals surface area contributed by atoms with Crippen molar-refractivity contribution in [3.05, 3.63) is 54.1 Å². The molecule has 0 heterocycles. The Kier molecular flexibility index (Phi) is 4.93. The Labute approximate surface area is 102 Å². The van der Waals surface area contributed by atoms with Gasteiger partial charge in [0.15, 0.2) is 0 Å². The summed E-state index contributed by atoms with van der Waals surface area (Å²) in [4.78, 5) is 0. The average Bonchev–Trinajstić information content (AvgIpc) is 2.36. The molecule has 2 rings (SSSR count). The van der Waals surface area contributed by atoms with E-state index >= 15 is 0 Å². The number of hydrogen-bond donors (Lipinski definition) is 2. The van der Waals surface area contributed by atoms with Crippen LogP contribution in [-0.2, 0) is 0 Å². The predicted molar refractivity (Wildman–Crippen MR) is 73.2 cm³/mol. The van der Waals surface area contributed by atoms with Crippen molar-refractivity contribution < 1.29 is 5.11 Å². The molecule has 0 fully saturated rings. The highest BCUT2D eigenvalue weighted by atomic mass is 32.1. The zero-order valence-corrected chi connectivity index (χ0v) is 10.4. The molecule has 0 atom stereocenters. The first kappa shape index (κ1) is 12.7. The van der Waals surface area contributed by atoms with E-state index in [4.69, 9.17) is 0 Å². The second-order valence-electron chi connectivity index (χ2n) is 3.37. The van der Waals surface area contributed by atoms with Gasteiger partial charge in [-0.1, -0.05) is 36.4 Å². The Hall–Kier alpha value is -1.41. The molecule has 84 valence electrons. The Morgan fingerprint density at radius 1 is 0.938 bits per heavy atom. The molecule has 0 saturated carbocycles. The zero-order chi connectivity index (χ0) is 12.0. The number of phenols is 1. The summed E-state index contributed by atoms with van der Waals surface area (Å²) >= 11 is 3.53. The van der Waals surface area contributed by atoms with Gasteiger partial charge in [-0.15, -0.1) is 0 Å². The molecule has 16 heavy (non-hydrogen) atoms. The van der Waals surface area contributed by atoms with Gasteiger partial charge in [-0.25, -0.2) is 0 Å². The van der Waals surface area contributed by atoms with Crippen molar-refractivity contribution in [1.29, 1.82) is 0 Å². The lowest BCUT2D eigenvalue weighted by Gasteiger charge is -2.05. The second-order valence-corrected chi connectivity index (χ2v) is 3.37. The topological polar surface area (TPSA) is 20.2 Å². The van der Waals surface area contributed by atoms with Crippen molar-refractivity contribution >= 4 is 12.6 Å². The number of hydrogen-bond acceptors (Lipinski definition) is 2. The molecular weight excluding hydrogens is 216 g/mol. The zero-order valence-electron chi connectivity index (χ0n) is 9.51. The van der Waals surface area contributed by atoms with Gasteiger partial charge >= 0.3 is 0 Å². The molecule has 1 N–H and O–H groups in total. The molecule has 2 aromatic rings. The molecule has 0 saturated heterocycles. The van der Waals surface area contributed by atoms with E-state index in [1.165, 1.54) is 5.56 Å². The molecule has 0 spiro atoms. The Bertz CT molecular complexity index is 438. The molecule has 0 amide bonds. The first-order valence-electron chi connectivity index (χ1n) is 5.07. The summed E-state index contributed by atoms with van der Waals surface area (Å²) in [5, 5.41) is 9.40. The van der Waals surface area contributed by atoms with Crippen LogP contribution < -0.4 is 0 Å². The standard InChI is InChI=1S/C13H12O.CH4S/c1-10-7-8-12(14)9-13(10)11-5-3-2-4-6-11;1-2/h2-9,14H,1H3;2H,1H3. The summed E-state index contributed by atoms with van der Waals surface area (Å²) in [5.41, 5.74) is 3.40. The van der Waals surface area contributed by atoms with E-state index in [-0.39, 0.29) is 0 Å². The molecular formula is C14H16OS. The van der Waals surface area contributed by atoms with Crippen molar-refractivity contribution in [3.8, 4) is 16.9 Å². The quantitative estimate of drug-likeness (QED) is 0.714. The number of rotatable bonds is 1. The molecule has 0 aliphatic carbocycles. The lowest BCUT2D eigenvalue weighted by atomic mass is 10.0. The lowest BCUT2D eigenvalue weighted by molar-refractivity contribution is 0.475. The Morgan fingerprint density at radius 2 is 1.56 bits per heavy atom. The van der Waals surface area contributed by atoms with E-state index in [0.29, 0.717) is 5.75 Å². The summed E-state index contributed by atoms with van der Waals surface area (Å²) in [5.74, 6) is 0.314. The predicted octanol–water partition coefficient (Wildman–Crippen LogP) is 3.91. The maximum absolute atomic E-state index is 9.40. The number of aryl methyl sites for hydroxylation is 1. The van der Waals surface area contributed by atoms with Crippen LogP contribution >= 0.6 is 12.6 Å². The van der Waals surface area contributed by atoms with Crippen LogP contribution in [0.25, 0.3) is 11.1 Å².